The summed E-state index contributed by atoms with van der Waals surface area (Å²) in [6, 6.07) is 5.42. The van der Waals surface area contributed by atoms with Crippen LogP contribution in [0.15, 0.2) is 24.3 Å². The first-order valence-corrected chi connectivity index (χ1v) is 7.24. The molecule has 1 unspecified atom stereocenters. The van der Waals surface area contributed by atoms with Crippen LogP contribution in [-0.2, 0) is 16.1 Å². The van der Waals surface area contributed by atoms with E-state index in [-0.39, 0.29) is 18.9 Å². The molecule has 0 aromatic heterocycles. The number of carbonyl (C=O) groups excluding carboxylic acids is 2. The van der Waals surface area contributed by atoms with E-state index in [0.717, 1.165) is 5.56 Å². The van der Waals surface area contributed by atoms with Gasteiger partial charge in [-0.15, -0.1) is 0 Å². The Labute approximate surface area is 134 Å². The number of carboxylic acids is 1. The molecule has 23 heavy (non-hydrogen) atoms. The van der Waals surface area contributed by atoms with Crippen molar-refractivity contribution in [2.75, 3.05) is 12.3 Å². The van der Waals surface area contributed by atoms with Crippen LogP contribution in [0.25, 0.3) is 0 Å². The zero-order chi connectivity index (χ0) is 17.2. The van der Waals surface area contributed by atoms with Crippen molar-refractivity contribution in [1.29, 1.82) is 0 Å². The first kappa shape index (κ1) is 18.3. The minimum absolute atomic E-state index is 0.175. The van der Waals surface area contributed by atoms with E-state index in [9.17, 15) is 14.4 Å². The number of carboxylic acid groups (broad SMARTS) is 1. The van der Waals surface area contributed by atoms with Gasteiger partial charge in [0.25, 0.3) is 0 Å². The Hall–Kier alpha value is -2.77. The number of nitrogen functional groups attached to an aromatic ring is 1. The van der Waals surface area contributed by atoms with E-state index in [2.05, 4.69) is 16.0 Å². The zero-order valence-electron chi connectivity index (χ0n) is 13.0. The van der Waals surface area contributed by atoms with Gasteiger partial charge in [-0.25, -0.2) is 9.59 Å². The van der Waals surface area contributed by atoms with E-state index < -0.39 is 18.0 Å². The second-order valence-electron chi connectivity index (χ2n) is 5.08. The molecule has 0 bridgehead atoms. The van der Waals surface area contributed by atoms with Crippen LogP contribution < -0.4 is 21.7 Å². The van der Waals surface area contributed by atoms with Crippen molar-refractivity contribution in [3.05, 3.63) is 29.8 Å². The van der Waals surface area contributed by atoms with Crippen LogP contribution in [0.4, 0.5) is 10.5 Å². The van der Waals surface area contributed by atoms with Crippen LogP contribution in [0.2, 0.25) is 0 Å². The van der Waals surface area contributed by atoms with Gasteiger partial charge < -0.3 is 26.8 Å². The molecule has 0 spiro atoms. The lowest BCUT2D eigenvalue weighted by molar-refractivity contribution is -0.139. The fraction of sp³-hybridized carbons (Fsp3) is 0.400. The van der Waals surface area contributed by atoms with Gasteiger partial charge in [-0.05, 0) is 30.5 Å². The number of nitrogens with two attached hydrogens (primary N) is 1. The fourth-order valence-corrected chi connectivity index (χ4v) is 1.86. The van der Waals surface area contributed by atoms with Gasteiger partial charge in [-0.2, -0.15) is 0 Å². The molecule has 1 rings (SSSR count). The maximum atomic E-state index is 11.8. The van der Waals surface area contributed by atoms with Gasteiger partial charge in [0.1, 0.15) is 6.04 Å². The quantitative estimate of drug-likeness (QED) is 0.350. The van der Waals surface area contributed by atoms with Crippen molar-refractivity contribution >= 4 is 23.6 Å². The third-order valence-electron chi connectivity index (χ3n) is 3.08. The summed E-state index contributed by atoms with van der Waals surface area (Å²) in [5.41, 5.74) is 7.05. The number of anilines is 1. The Morgan fingerprint density at radius 2 is 1.83 bits per heavy atom. The molecule has 8 nitrogen and oxygen atoms in total. The molecule has 0 aliphatic heterocycles. The molecule has 0 heterocycles. The van der Waals surface area contributed by atoms with Gasteiger partial charge in [0.15, 0.2) is 0 Å². The number of hydrogen-bond donors (Lipinski definition) is 5. The van der Waals surface area contributed by atoms with Crippen molar-refractivity contribution < 1.29 is 19.5 Å². The summed E-state index contributed by atoms with van der Waals surface area (Å²) >= 11 is 0. The Kier molecular flexibility index (Phi) is 7.38. The third-order valence-corrected chi connectivity index (χ3v) is 3.08. The minimum Gasteiger partial charge on any atom is -0.480 e. The van der Waals surface area contributed by atoms with Gasteiger partial charge in [0.05, 0.1) is 0 Å². The van der Waals surface area contributed by atoms with E-state index in [1.807, 2.05) is 0 Å². The molecule has 0 aliphatic rings. The SMILES string of the molecule is CC(=O)NCCCC(NC(=O)NCc1ccc(N)cc1)C(=O)O. The highest BCUT2D eigenvalue weighted by atomic mass is 16.4. The summed E-state index contributed by atoms with van der Waals surface area (Å²) in [5.74, 6) is -1.29. The number of urea groups is 1. The maximum absolute atomic E-state index is 11.8. The normalized spacial score (nSPS) is 11.3. The van der Waals surface area contributed by atoms with Crippen LogP contribution in [0.1, 0.15) is 25.3 Å². The lowest BCUT2D eigenvalue weighted by Gasteiger charge is -2.15. The first-order chi connectivity index (χ1) is 10.9. The molecule has 1 aromatic rings. The number of benzene rings is 1. The lowest BCUT2D eigenvalue weighted by Crippen LogP contribution is -2.46. The smallest absolute Gasteiger partial charge is 0.326 e. The summed E-state index contributed by atoms with van der Waals surface area (Å²) < 4.78 is 0. The number of rotatable bonds is 8. The standard InChI is InChI=1S/C15H22N4O4/c1-10(20)17-8-2-3-13(14(21)22)19-15(23)18-9-11-4-6-12(16)7-5-11/h4-7,13H,2-3,8-9,16H2,1H3,(H,17,20)(H,21,22)(H2,18,19,23). The topological polar surface area (TPSA) is 134 Å². The highest BCUT2D eigenvalue weighted by Gasteiger charge is 2.19. The predicted octanol–water partition coefficient (Wildman–Crippen LogP) is 0.438. The molecule has 0 radical (unpaired) electrons. The molecular weight excluding hydrogens is 300 g/mol. The predicted molar refractivity (Wildman–Crippen MR) is 85.6 cm³/mol. The molecular formula is C15H22N4O4. The van der Waals surface area contributed by atoms with E-state index in [1.165, 1.54) is 6.92 Å². The van der Waals surface area contributed by atoms with Crippen molar-refractivity contribution in [2.24, 2.45) is 0 Å². The highest BCUT2D eigenvalue weighted by Crippen LogP contribution is 2.05. The average Bonchev–Trinajstić information content (AvgIpc) is 2.49. The number of carbonyl (C=O) groups is 3. The molecule has 3 amide bonds. The Bertz CT molecular complexity index is 545. The van der Waals surface area contributed by atoms with E-state index in [1.54, 1.807) is 24.3 Å². The van der Waals surface area contributed by atoms with Gasteiger partial charge in [0.2, 0.25) is 5.91 Å². The monoisotopic (exact) mass is 322 g/mol. The molecule has 8 heteroatoms. The number of amides is 3. The van der Waals surface area contributed by atoms with Gasteiger partial charge >= 0.3 is 12.0 Å². The summed E-state index contributed by atoms with van der Waals surface area (Å²) in [5, 5.41) is 16.7. The van der Waals surface area contributed by atoms with Crippen LogP contribution >= 0.6 is 0 Å². The summed E-state index contributed by atoms with van der Waals surface area (Å²) in [7, 11) is 0. The zero-order valence-corrected chi connectivity index (χ0v) is 13.0. The van der Waals surface area contributed by atoms with Crippen molar-refractivity contribution in [3.8, 4) is 0 Å². The molecule has 0 aliphatic carbocycles. The molecule has 0 saturated heterocycles. The second kappa shape index (κ2) is 9.29. The highest BCUT2D eigenvalue weighted by molar-refractivity contribution is 5.82. The van der Waals surface area contributed by atoms with Crippen LogP contribution in [0.5, 0.6) is 0 Å². The number of aliphatic carboxylic acids is 1. The first-order valence-electron chi connectivity index (χ1n) is 7.24. The van der Waals surface area contributed by atoms with Crippen molar-refractivity contribution in [1.82, 2.24) is 16.0 Å². The summed E-state index contributed by atoms with van der Waals surface area (Å²) in [6.07, 6.45) is 0.680. The maximum Gasteiger partial charge on any atom is 0.326 e. The molecule has 6 N–H and O–H groups in total. The van der Waals surface area contributed by atoms with E-state index >= 15 is 0 Å². The van der Waals surface area contributed by atoms with E-state index in [4.69, 9.17) is 10.8 Å². The van der Waals surface area contributed by atoms with Crippen LogP contribution in [-0.4, -0.2) is 35.6 Å². The Balaban J connectivity index is 2.36. The molecule has 0 saturated carbocycles. The van der Waals surface area contributed by atoms with Crippen LogP contribution in [0.3, 0.4) is 0 Å². The van der Waals surface area contributed by atoms with Gasteiger partial charge in [0, 0.05) is 25.7 Å². The van der Waals surface area contributed by atoms with Gasteiger partial charge in [-0.1, -0.05) is 12.1 Å². The summed E-state index contributed by atoms with van der Waals surface area (Å²) in [4.78, 5) is 33.6. The molecule has 126 valence electrons. The number of hydrogen-bond acceptors (Lipinski definition) is 4. The number of nitrogens with one attached hydrogen (secondary N) is 3. The third kappa shape index (κ3) is 7.70. The van der Waals surface area contributed by atoms with E-state index in [0.29, 0.717) is 18.7 Å². The Morgan fingerprint density at radius 3 is 2.39 bits per heavy atom. The largest absolute Gasteiger partial charge is 0.480 e. The van der Waals surface area contributed by atoms with Crippen LogP contribution in [0, 0.1) is 0 Å². The van der Waals surface area contributed by atoms with Gasteiger partial charge in [-0.3, -0.25) is 4.79 Å². The fourth-order valence-electron chi connectivity index (χ4n) is 1.86. The molecule has 0 fully saturated rings. The Morgan fingerprint density at radius 1 is 1.17 bits per heavy atom. The van der Waals surface area contributed by atoms with Crippen molar-refractivity contribution in [3.63, 3.8) is 0 Å². The minimum atomic E-state index is -1.12. The molecule has 1 aromatic carbocycles. The second-order valence-corrected chi connectivity index (χ2v) is 5.08. The average molecular weight is 322 g/mol. The lowest BCUT2D eigenvalue weighted by atomic mass is 10.1. The summed E-state index contributed by atoms with van der Waals surface area (Å²) in [6.45, 7) is 2.02. The molecule has 1 atom stereocenters. The van der Waals surface area contributed by atoms with Crippen molar-refractivity contribution in [2.45, 2.75) is 32.4 Å².